The Morgan fingerprint density at radius 3 is 2.81 bits per heavy atom. The molecule has 0 saturated carbocycles. The first kappa shape index (κ1) is 17.6. The third-order valence-electron chi connectivity index (χ3n) is 5.63. The van der Waals surface area contributed by atoms with Crippen molar-refractivity contribution in [1.82, 2.24) is 25.3 Å². The number of carbonyl (C=O) groups is 1. The maximum atomic E-state index is 12.9. The van der Waals surface area contributed by atoms with Crippen molar-refractivity contribution < 1.29 is 4.79 Å². The minimum atomic E-state index is 0.0834. The Bertz CT molecular complexity index is 774. The standard InChI is InChI=1S/C19H25N5OS/c1-12-5-7-14(8-6-12)16-10-20-22-17(16)15-4-3-9-24(11-15)19(25)18-13(2)21-23-26-18/h5-8,15-17,20,22H,3-4,9-11H2,1-2H3. The molecule has 3 atom stereocenters. The second kappa shape index (κ2) is 7.42. The number of aromatic nitrogens is 2. The summed E-state index contributed by atoms with van der Waals surface area (Å²) in [4.78, 5) is 15.5. The predicted octanol–water partition coefficient (Wildman–Crippen LogP) is 2.27. The van der Waals surface area contributed by atoms with Gasteiger partial charge in [0.05, 0.1) is 5.69 Å². The van der Waals surface area contributed by atoms with Crippen molar-refractivity contribution in [2.24, 2.45) is 5.92 Å². The number of amides is 1. The highest BCUT2D eigenvalue weighted by Crippen LogP contribution is 2.32. The van der Waals surface area contributed by atoms with Crippen LogP contribution in [0, 0.1) is 19.8 Å². The average Bonchev–Trinajstić information content (AvgIpc) is 3.31. The van der Waals surface area contributed by atoms with Crippen LogP contribution in [-0.4, -0.2) is 46.1 Å². The second-order valence-corrected chi connectivity index (χ2v) is 8.16. The lowest BCUT2D eigenvalue weighted by Crippen LogP contribution is -2.48. The van der Waals surface area contributed by atoms with E-state index in [0.29, 0.717) is 22.8 Å². The molecular formula is C19H25N5OS. The molecule has 26 heavy (non-hydrogen) atoms. The van der Waals surface area contributed by atoms with Crippen LogP contribution in [0.3, 0.4) is 0 Å². The Kier molecular flexibility index (Phi) is 5.02. The van der Waals surface area contributed by atoms with Crippen LogP contribution >= 0.6 is 11.5 Å². The van der Waals surface area contributed by atoms with Crippen LogP contribution in [0.2, 0.25) is 0 Å². The number of nitrogens with one attached hydrogen (secondary N) is 2. The van der Waals surface area contributed by atoms with E-state index in [1.807, 2.05) is 11.8 Å². The molecule has 2 aliphatic rings. The molecule has 1 aromatic heterocycles. The van der Waals surface area contributed by atoms with Crippen LogP contribution < -0.4 is 10.9 Å². The monoisotopic (exact) mass is 371 g/mol. The van der Waals surface area contributed by atoms with E-state index in [-0.39, 0.29) is 5.91 Å². The van der Waals surface area contributed by atoms with E-state index in [4.69, 9.17) is 0 Å². The number of benzene rings is 1. The van der Waals surface area contributed by atoms with Gasteiger partial charge in [-0.1, -0.05) is 34.3 Å². The lowest BCUT2D eigenvalue weighted by atomic mass is 9.81. The highest BCUT2D eigenvalue weighted by molar-refractivity contribution is 7.07. The molecule has 0 aliphatic carbocycles. The number of aryl methyl sites for hydroxylation is 2. The van der Waals surface area contributed by atoms with E-state index in [9.17, 15) is 4.79 Å². The smallest absolute Gasteiger partial charge is 0.267 e. The SMILES string of the molecule is Cc1ccc(C2CNNC2C2CCCN(C(=O)c3snnc3C)C2)cc1. The van der Waals surface area contributed by atoms with Gasteiger partial charge < -0.3 is 4.90 Å². The summed E-state index contributed by atoms with van der Waals surface area (Å²) in [7, 11) is 0. The lowest BCUT2D eigenvalue weighted by molar-refractivity contribution is 0.0648. The molecule has 2 aliphatic heterocycles. The molecule has 138 valence electrons. The molecule has 2 saturated heterocycles. The molecule has 3 unspecified atom stereocenters. The Labute approximate surface area is 158 Å². The van der Waals surface area contributed by atoms with Gasteiger partial charge in [0.1, 0.15) is 4.88 Å². The Morgan fingerprint density at radius 2 is 2.08 bits per heavy atom. The van der Waals surface area contributed by atoms with Gasteiger partial charge in [0.25, 0.3) is 5.91 Å². The number of hydrogen-bond donors (Lipinski definition) is 2. The zero-order valence-corrected chi connectivity index (χ0v) is 16.1. The number of nitrogens with zero attached hydrogens (tertiary/aromatic N) is 3. The van der Waals surface area contributed by atoms with Crippen LogP contribution in [0.1, 0.15) is 45.3 Å². The Hall–Kier alpha value is -1.83. The maximum absolute atomic E-state index is 12.9. The van der Waals surface area contributed by atoms with Crippen LogP contribution in [0.4, 0.5) is 0 Å². The molecule has 2 N–H and O–H groups in total. The summed E-state index contributed by atoms with van der Waals surface area (Å²) in [5, 5.41) is 3.99. The zero-order chi connectivity index (χ0) is 18.1. The first-order chi connectivity index (χ1) is 12.6. The normalized spacial score (nSPS) is 26.2. The third kappa shape index (κ3) is 3.39. The fourth-order valence-electron chi connectivity index (χ4n) is 4.16. The van der Waals surface area contributed by atoms with E-state index in [1.165, 1.54) is 22.7 Å². The maximum Gasteiger partial charge on any atom is 0.267 e. The fraction of sp³-hybridized carbons (Fsp3) is 0.526. The molecule has 3 heterocycles. The molecule has 1 amide bonds. The largest absolute Gasteiger partial charge is 0.338 e. The van der Waals surface area contributed by atoms with Gasteiger partial charge in [0.15, 0.2) is 0 Å². The number of carbonyl (C=O) groups excluding carboxylic acids is 1. The second-order valence-electron chi connectivity index (χ2n) is 7.41. The molecule has 0 radical (unpaired) electrons. The number of hydrazine groups is 1. The summed E-state index contributed by atoms with van der Waals surface area (Å²) in [6.45, 7) is 6.51. The first-order valence-electron chi connectivity index (χ1n) is 9.26. The quantitative estimate of drug-likeness (QED) is 0.866. The van der Waals surface area contributed by atoms with Gasteiger partial charge in [0.2, 0.25) is 0 Å². The zero-order valence-electron chi connectivity index (χ0n) is 15.2. The molecule has 6 nitrogen and oxygen atoms in total. The summed E-state index contributed by atoms with van der Waals surface area (Å²) in [6.07, 6.45) is 2.19. The van der Waals surface area contributed by atoms with Crippen LogP contribution in [0.5, 0.6) is 0 Å². The van der Waals surface area contributed by atoms with E-state index < -0.39 is 0 Å². The molecule has 7 heteroatoms. The van der Waals surface area contributed by atoms with Crippen molar-refractivity contribution in [1.29, 1.82) is 0 Å². The highest BCUT2D eigenvalue weighted by atomic mass is 32.1. The van der Waals surface area contributed by atoms with Gasteiger partial charge in [0, 0.05) is 31.6 Å². The molecule has 0 spiro atoms. The van der Waals surface area contributed by atoms with Crippen molar-refractivity contribution in [2.45, 2.75) is 38.6 Å². The first-order valence-corrected chi connectivity index (χ1v) is 10.0. The van der Waals surface area contributed by atoms with Crippen molar-refractivity contribution in [3.63, 3.8) is 0 Å². The summed E-state index contributed by atoms with van der Waals surface area (Å²) >= 11 is 1.20. The predicted molar refractivity (Wildman–Crippen MR) is 102 cm³/mol. The number of rotatable bonds is 3. The number of hydrogen-bond acceptors (Lipinski definition) is 6. The fourth-order valence-corrected chi connectivity index (χ4v) is 4.78. The number of piperidine rings is 1. The van der Waals surface area contributed by atoms with E-state index in [0.717, 1.165) is 38.2 Å². The van der Waals surface area contributed by atoms with E-state index in [2.05, 4.69) is 51.6 Å². The number of likely N-dealkylation sites (tertiary alicyclic amines) is 1. The van der Waals surface area contributed by atoms with Gasteiger partial charge >= 0.3 is 0 Å². The van der Waals surface area contributed by atoms with E-state index in [1.54, 1.807) is 0 Å². The molecule has 1 aromatic carbocycles. The van der Waals surface area contributed by atoms with Crippen molar-refractivity contribution in [3.05, 3.63) is 46.0 Å². The minimum Gasteiger partial charge on any atom is -0.338 e. The van der Waals surface area contributed by atoms with Crippen LogP contribution in [0.25, 0.3) is 0 Å². The van der Waals surface area contributed by atoms with Crippen LogP contribution in [-0.2, 0) is 0 Å². The molecular weight excluding hydrogens is 346 g/mol. The van der Waals surface area contributed by atoms with Gasteiger partial charge in [-0.15, -0.1) is 5.10 Å². The van der Waals surface area contributed by atoms with Crippen molar-refractivity contribution in [2.75, 3.05) is 19.6 Å². The van der Waals surface area contributed by atoms with Gasteiger partial charge in [-0.05, 0) is 49.7 Å². The summed E-state index contributed by atoms with van der Waals surface area (Å²) in [6, 6.07) is 9.18. The van der Waals surface area contributed by atoms with Crippen LogP contribution in [0.15, 0.2) is 24.3 Å². The Morgan fingerprint density at radius 1 is 1.27 bits per heavy atom. The van der Waals surface area contributed by atoms with Crippen molar-refractivity contribution in [3.8, 4) is 0 Å². The molecule has 2 fully saturated rings. The molecule has 4 rings (SSSR count). The van der Waals surface area contributed by atoms with Gasteiger partial charge in [-0.2, -0.15) is 0 Å². The third-order valence-corrected chi connectivity index (χ3v) is 6.44. The summed E-state index contributed by atoms with van der Waals surface area (Å²) in [5.74, 6) is 0.956. The van der Waals surface area contributed by atoms with Gasteiger partial charge in [-0.25, -0.2) is 0 Å². The average molecular weight is 372 g/mol. The van der Waals surface area contributed by atoms with E-state index >= 15 is 0 Å². The summed E-state index contributed by atoms with van der Waals surface area (Å²) in [5.41, 5.74) is 10.2. The Balaban J connectivity index is 1.49. The highest BCUT2D eigenvalue weighted by Gasteiger charge is 2.38. The van der Waals surface area contributed by atoms with Gasteiger partial charge in [-0.3, -0.25) is 15.6 Å². The molecule has 0 bridgehead atoms. The summed E-state index contributed by atoms with van der Waals surface area (Å²) < 4.78 is 3.91. The van der Waals surface area contributed by atoms with Crippen molar-refractivity contribution >= 4 is 17.4 Å². The lowest BCUT2D eigenvalue weighted by Gasteiger charge is -2.37. The topological polar surface area (TPSA) is 70.2 Å². The minimum absolute atomic E-state index is 0.0834. The molecule has 2 aromatic rings.